The highest BCUT2D eigenvalue weighted by Gasteiger charge is 2.21. The molecular weight excluding hydrogens is 260 g/mol. The van der Waals surface area contributed by atoms with Crippen LogP contribution in [0.1, 0.15) is 51.9 Å². The van der Waals surface area contributed by atoms with Crippen molar-refractivity contribution in [3.8, 4) is 0 Å². The van der Waals surface area contributed by atoms with Crippen molar-refractivity contribution in [3.63, 3.8) is 0 Å². The Morgan fingerprint density at radius 3 is 1.90 bits per heavy atom. The molecular formula is C15H24O5. The molecule has 0 spiro atoms. The van der Waals surface area contributed by atoms with E-state index in [9.17, 15) is 14.4 Å². The summed E-state index contributed by atoms with van der Waals surface area (Å²) in [4.78, 5) is 34.1. The zero-order valence-electron chi connectivity index (χ0n) is 12.6. The summed E-state index contributed by atoms with van der Waals surface area (Å²) in [6.45, 7) is 2.10. The number of carbonyl (C=O) groups excluding carboxylic acids is 3. The van der Waals surface area contributed by atoms with Gasteiger partial charge in [-0.15, -0.1) is 0 Å². The van der Waals surface area contributed by atoms with Gasteiger partial charge in [-0.05, 0) is 19.3 Å². The highest BCUT2D eigenvalue weighted by Crippen LogP contribution is 2.20. The van der Waals surface area contributed by atoms with Gasteiger partial charge in [-0.2, -0.15) is 0 Å². The highest BCUT2D eigenvalue weighted by molar-refractivity contribution is 6.00. The summed E-state index contributed by atoms with van der Waals surface area (Å²) in [6.07, 6.45) is 5.53. The molecule has 0 amide bonds. The molecule has 0 fully saturated rings. The molecule has 0 aromatic heterocycles. The summed E-state index contributed by atoms with van der Waals surface area (Å²) < 4.78 is 9.42. The molecule has 0 atom stereocenters. The molecule has 0 heterocycles. The first kappa shape index (κ1) is 18.4. The van der Waals surface area contributed by atoms with E-state index >= 15 is 0 Å². The Bertz CT molecular complexity index is 357. The maximum atomic E-state index is 11.8. The fourth-order valence-corrected chi connectivity index (χ4v) is 1.93. The van der Waals surface area contributed by atoms with Crippen molar-refractivity contribution in [2.45, 2.75) is 51.9 Å². The summed E-state index contributed by atoms with van der Waals surface area (Å²) in [7, 11) is 2.54. The Morgan fingerprint density at radius 2 is 1.45 bits per heavy atom. The van der Waals surface area contributed by atoms with Crippen LogP contribution in [0.3, 0.4) is 0 Å². The second-order valence-corrected chi connectivity index (χ2v) is 4.46. The first-order chi connectivity index (χ1) is 9.62. The Balaban J connectivity index is 5.11. The monoisotopic (exact) mass is 284 g/mol. The van der Waals surface area contributed by atoms with E-state index in [1.54, 1.807) is 0 Å². The summed E-state index contributed by atoms with van der Waals surface area (Å²) in [5, 5.41) is 0. The lowest BCUT2D eigenvalue weighted by Crippen LogP contribution is -2.15. The van der Waals surface area contributed by atoms with Gasteiger partial charge in [0.25, 0.3) is 0 Å². The number of hydrogen-bond acceptors (Lipinski definition) is 5. The van der Waals surface area contributed by atoms with Gasteiger partial charge in [-0.25, -0.2) is 9.59 Å². The topological polar surface area (TPSA) is 69.7 Å². The number of ether oxygens (including phenoxy) is 2. The van der Waals surface area contributed by atoms with Gasteiger partial charge >= 0.3 is 11.9 Å². The SMILES string of the molecule is CCCCCC/C(C(=O)OC)=C(\CCC=O)C(=O)OC. The third-order valence-corrected chi connectivity index (χ3v) is 3.02. The number of unbranched alkanes of at least 4 members (excludes halogenated alkanes) is 3. The fraction of sp³-hybridized carbons (Fsp3) is 0.667. The van der Waals surface area contributed by atoms with E-state index in [2.05, 4.69) is 6.92 Å². The van der Waals surface area contributed by atoms with E-state index < -0.39 is 11.9 Å². The van der Waals surface area contributed by atoms with Crippen molar-refractivity contribution < 1.29 is 23.9 Å². The van der Waals surface area contributed by atoms with Crippen LogP contribution in [-0.2, 0) is 23.9 Å². The van der Waals surface area contributed by atoms with Crippen molar-refractivity contribution >= 4 is 18.2 Å². The van der Waals surface area contributed by atoms with Crippen LogP contribution in [0, 0.1) is 0 Å². The minimum Gasteiger partial charge on any atom is -0.466 e. The average molecular weight is 284 g/mol. The smallest absolute Gasteiger partial charge is 0.334 e. The largest absolute Gasteiger partial charge is 0.466 e. The summed E-state index contributed by atoms with van der Waals surface area (Å²) >= 11 is 0. The van der Waals surface area contributed by atoms with E-state index in [1.807, 2.05) is 0 Å². The minimum absolute atomic E-state index is 0.180. The van der Waals surface area contributed by atoms with E-state index in [0.29, 0.717) is 12.0 Å². The van der Waals surface area contributed by atoms with E-state index in [0.717, 1.165) is 32.0 Å². The third kappa shape index (κ3) is 6.50. The van der Waals surface area contributed by atoms with Crippen LogP contribution < -0.4 is 0 Å². The summed E-state index contributed by atoms with van der Waals surface area (Å²) in [6, 6.07) is 0. The molecule has 0 aliphatic carbocycles. The predicted molar refractivity (Wildman–Crippen MR) is 75.1 cm³/mol. The zero-order chi connectivity index (χ0) is 15.4. The molecule has 20 heavy (non-hydrogen) atoms. The number of methoxy groups -OCH3 is 2. The van der Waals surface area contributed by atoms with Gasteiger partial charge in [0.1, 0.15) is 6.29 Å². The molecule has 0 unspecified atom stereocenters. The van der Waals surface area contributed by atoms with Gasteiger partial charge in [0.15, 0.2) is 0 Å². The first-order valence-electron chi connectivity index (χ1n) is 6.94. The molecule has 0 N–H and O–H groups in total. The van der Waals surface area contributed by atoms with Crippen LogP contribution in [0.15, 0.2) is 11.1 Å². The number of rotatable bonds is 10. The molecule has 0 saturated carbocycles. The van der Waals surface area contributed by atoms with E-state index in [-0.39, 0.29) is 18.4 Å². The average Bonchev–Trinajstić information content (AvgIpc) is 2.48. The third-order valence-electron chi connectivity index (χ3n) is 3.02. The second-order valence-electron chi connectivity index (χ2n) is 4.46. The molecule has 0 aromatic carbocycles. The van der Waals surface area contributed by atoms with Crippen molar-refractivity contribution in [2.24, 2.45) is 0 Å². The van der Waals surface area contributed by atoms with E-state index in [1.165, 1.54) is 14.2 Å². The lowest BCUT2D eigenvalue weighted by atomic mass is 9.98. The lowest BCUT2D eigenvalue weighted by molar-refractivity contribution is -0.139. The zero-order valence-corrected chi connectivity index (χ0v) is 12.6. The van der Waals surface area contributed by atoms with Gasteiger partial charge < -0.3 is 14.3 Å². The highest BCUT2D eigenvalue weighted by atomic mass is 16.5. The van der Waals surface area contributed by atoms with Crippen LogP contribution in [0.4, 0.5) is 0 Å². The minimum atomic E-state index is -0.567. The fourth-order valence-electron chi connectivity index (χ4n) is 1.93. The molecule has 0 rings (SSSR count). The molecule has 0 bridgehead atoms. The molecule has 5 heteroatoms. The van der Waals surface area contributed by atoms with Gasteiger partial charge in [0.2, 0.25) is 0 Å². The predicted octanol–water partition coefficient (Wildman–Crippen LogP) is 2.58. The number of hydrogen-bond donors (Lipinski definition) is 0. The Kier molecular flexibility index (Phi) is 10.3. The van der Waals surface area contributed by atoms with Crippen molar-refractivity contribution in [1.82, 2.24) is 0 Å². The number of esters is 2. The Labute approximate surface area is 120 Å². The lowest BCUT2D eigenvalue weighted by Gasteiger charge is -2.11. The Morgan fingerprint density at radius 1 is 0.900 bits per heavy atom. The molecule has 0 radical (unpaired) electrons. The van der Waals surface area contributed by atoms with Crippen molar-refractivity contribution in [1.29, 1.82) is 0 Å². The molecule has 0 aliphatic rings. The van der Waals surface area contributed by atoms with Gasteiger partial charge in [-0.3, -0.25) is 0 Å². The molecule has 0 saturated heterocycles. The number of aldehydes is 1. The van der Waals surface area contributed by atoms with Crippen LogP contribution in [0.2, 0.25) is 0 Å². The molecule has 5 nitrogen and oxygen atoms in total. The second kappa shape index (κ2) is 11.2. The maximum Gasteiger partial charge on any atom is 0.334 e. The quantitative estimate of drug-likeness (QED) is 0.267. The molecule has 114 valence electrons. The maximum absolute atomic E-state index is 11.8. The number of carbonyl (C=O) groups is 3. The first-order valence-corrected chi connectivity index (χ1v) is 6.94. The van der Waals surface area contributed by atoms with Crippen molar-refractivity contribution in [2.75, 3.05) is 14.2 Å². The standard InChI is InChI=1S/C15H24O5/c1-4-5-6-7-9-12(14(17)19-2)13(10-8-11-16)15(18)20-3/h11H,4-10H2,1-3H3/b13-12-. The van der Waals surface area contributed by atoms with Crippen LogP contribution in [0.5, 0.6) is 0 Å². The van der Waals surface area contributed by atoms with Crippen LogP contribution >= 0.6 is 0 Å². The van der Waals surface area contributed by atoms with Crippen molar-refractivity contribution in [3.05, 3.63) is 11.1 Å². The Hall–Kier alpha value is -1.65. The van der Waals surface area contributed by atoms with Gasteiger partial charge in [-0.1, -0.05) is 26.2 Å². The van der Waals surface area contributed by atoms with E-state index in [4.69, 9.17) is 9.47 Å². The van der Waals surface area contributed by atoms with Crippen LogP contribution in [0.25, 0.3) is 0 Å². The van der Waals surface area contributed by atoms with Gasteiger partial charge in [0.05, 0.1) is 14.2 Å². The molecule has 0 aliphatic heterocycles. The normalized spacial score (nSPS) is 11.6. The molecule has 0 aromatic rings. The summed E-state index contributed by atoms with van der Waals surface area (Å²) in [5.74, 6) is -1.09. The van der Waals surface area contributed by atoms with Gasteiger partial charge in [0, 0.05) is 17.6 Å². The van der Waals surface area contributed by atoms with Crippen LogP contribution in [-0.4, -0.2) is 32.4 Å². The summed E-state index contributed by atoms with van der Waals surface area (Å²) in [5.41, 5.74) is 0.584.